The first-order chi connectivity index (χ1) is 5.38. The van der Waals surface area contributed by atoms with Gasteiger partial charge in [0.25, 0.3) is 0 Å². The van der Waals surface area contributed by atoms with Gasteiger partial charge in [0.05, 0.1) is 0 Å². The molecule has 1 N–H and O–H groups in total. The summed E-state index contributed by atoms with van der Waals surface area (Å²) in [5.41, 5.74) is 0. The third kappa shape index (κ3) is 0.936. The number of fused-ring (bicyclic) bond motifs is 1. The van der Waals surface area contributed by atoms with Gasteiger partial charge in [-0.2, -0.15) is 0 Å². The van der Waals surface area contributed by atoms with Crippen LogP contribution in [0.5, 0.6) is 0 Å². The predicted octanol–water partition coefficient (Wildman–Crippen LogP) is 1.89. The van der Waals surface area contributed by atoms with Gasteiger partial charge in [0.1, 0.15) is 0 Å². The van der Waals surface area contributed by atoms with Gasteiger partial charge in [-0.25, -0.2) is 0 Å². The zero-order valence-electron chi connectivity index (χ0n) is 7.64. The van der Waals surface area contributed by atoms with Crippen molar-refractivity contribution in [2.75, 3.05) is 13.1 Å². The van der Waals surface area contributed by atoms with E-state index in [1.807, 2.05) is 0 Å². The Kier molecular flexibility index (Phi) is 1.92. The molecule has 0 aromatic carbocycles. The van der Waals surface area contributed by atoms with E-state index in [1.54, 1.807) is 0 Å². The van der Waals surface area contributed by atoms with Crippen LogP contribution in [0.4, 0.5) is 0 Å². The van der Waals surface area contributed by atoms with E-state index in [0.717, 1.165) is 23.7 Å². The topological polar surface area (TPSA) is 12.0 Å². The fraction of sp³-hybridized carbons (Fsp3) is 1.00. The molecule has 0 amide bonds. The highest BCUT2D eigenvalue weighted by molar-refractivity contribution is 5.01. The molecule has 2 rings (SSSR count). The van der Waals surface area contributed by atoms with Crippen LogP contribution in [0.25, 0.3) is 0 Å². The molecule has 0 aromatic rings. The first-order valence-electron chi connectivity index (χ1n) is 5.09. The van der Waals surface area contributed by atoms with E-state index in [1.165, 1.54) is 25.9 Å². The summed E-state index contributed by atoms with van der Waals surface area (Å²) in [6, 6.07) is 0. The molecule has 0 radical (unpaired) electrons. The molecular weight excluding hydrogens is 134 g/mol. The van der Waals surface area contributed by atoms with Gasteiger partial charge in [-0.15, -0.1) is 0 Å². The molecule has 2 aliphatic rings. The predicted molar refractivity (Wildman–Crippen MR) is 47.4 cm³/mol. The van der Waals surface area contributed by atoms with Crippen LogP contribution in [-0.2, 0) is 0 Å². The summed E-state index contributed by atoms with van der Waals surface area (Å²) in [7, 11) is 0. The Bertz CT molecular complexity index is 128. The lowest BCUT2D eigenvalue weighted by molar-refractivity contribution is 0.0115. The standard InChI is InChI=1S/C10H19N/c1-3-7-8(4-2)10-6-11-5-9(7)10/h7-11H,3-6H2,1-2H3. The van der Waals surface area contributed by atoms with Crippen LogP contribution in [0.2, 0.25) is 0 Å². The van der Waals surface area contributed by atoms with E-state index in [-0.39, 0.29) is 0 Å². The fourth-order valence-electron chi connectivity index (χ4n) is 3.36. The maximum absolute atomic E-state index is 3.51. The number of nitrogens with one attached hydrogen (secondary N) is 1. The van der Waals surface area contributed by atoms with Gasteiger partial charge in [-0.1, -0.05) is 26.7 Å². The van der Waals surface area contributed by atoms with Crippen molar-refractivity contribution in [1.82, 2.24) is 5.32 Å². The van der Waals surface area contributed by atoms with Crippen LogP contribution >= 0.6 is 0 Å². The summed E-state index contributed by atoms with van der Waals surface area (Å²) in [6.45, 7) is 7.31. The maximum atomic E-state index is 3.51. The van der Waals surface area contributed by atoms with Gasteiger partial charge in [-0.3, -0.25) is 0 Å². The van der Waals surface area contributed by atoms with Crippen LogP contribution in [0, 0.1) is 23.7 Å². The van der Waals surface area contributed by atoms with Crippen LogP contribution in [0.15, 0.2) is 0 Å². The summed E-state index contributed by atoms with van der Waals surface area (Å²) < 4.78 is 0. The summed E-state index contributed by atoms with van der Waals surface area (Å²) in [5.74, 6) is 4.20. The van der Waals surface area contributed by atoms with Gasteiger partial charge in [0.15, 0.2) is 0 Å². The Hall–Kier alpha value is -0.0400. The first kappa shape index (κ1) is 7.60. The molecule has 2 fully saturated rings. The molecule has 1 saturated heterocycles. The van der Waals surface area contributed by atoms with E-state index in [0.29, 0.717) is 0 Å². The van der Waals surface area contributed by atoms with E-state index in [2.05, 4.69) is 19.2 Å². The Balaban J connectivity index is 2.00. The molecule has 1 aliphatic carbocycles. The zero-order chi connectivity index (χ0) is 7.84. The lowest BCUT2D eigenvalue weighted by atomic mass is 9.56. The van der Waals surface area contributed by atoms with E-state index in [9.17, 15) is 0 Å². The van der Waals surface area contributed by atoms with Crippen molar-refractivity contribution in [2.45, 2.75) is 26.7 Å². The number of hydrogen-bond donors (Lipinski definition) is 1. The molecule has 11 heavy (non-hydrogen) atoms. The van der Waals surface area contributed by atoms with E-state index in [4.69, 9.17) is 0 Å². The molecule has 4 atom stereocenters. The first-order valence-corrected chi connectivity index (χ1v) is 5.09. The lowest BCUT2D eigenvalue weighted by Gasteiger charge is -2.48. The molecule has 0 spiro atoms. The number of rotatable bonds is 2. The van der Waals surface area contributed by atoms with Crippen molar-refractivity contribution in [1.29, 1.82) is 0 Å². The molecule has 0 aromatic heterocycles. The van der Waals surface area contributed by atoms with Crippen LogP contribution < -0.4 is 5.32 Å². The summed E-state index contributed by atoms with van der Waals surface area (Å²) in [5, 5.41) is 3.51. The Morgan fingerprint density at radius 1 is 1.00 bits per heavy atom. The van der Waals surface area contributed by atoms with Gasteiger partial charge in [-0.05, 0) is 36.8 Å². The molecule has 64 valence electrons. The molecule has 1 aliphatic heterocycles. The average molecular weight is 153 g/mol. The smallest absolute Gasteiger partial charge is 0.00144 e. The zero-order valence-corrected chi connectivity index (χ0v) is 7.64. The van der Waals surface area contributed by atoms with Crippen molar-refractivity contribution in [2.24, 2.45) is 23.7 Å². The Labute approximate surface area is 69.6 Å². The highest BCUT2D eigenvalue weighted by Gasteiger charge is 2.49. The largest absolute Gasteiger partial charge is 0.316 e. The van der Waals surface area contributed by atoms with E-state index >= 15 is 0 Å². The normalized spacial score (nSPS) is 48.5. The molecule has 1 heteroatoms. The van der Waals surface area contributed by atoms with Crippen molar-refractivity contribution in [3.63, 3.8) is 0 Å². The molecule has 1 heterocycles. The lowest BCUT2D eigenvalue weighted by Crippen LogP contribution is -2.45. The van der Waals surface area contributed by atoms with Gasteiger partial charge < -0.3 is 5.32 Å². The van der Waals surface area contributed by atoms with Crippen molar-refractivity contribution in [3.8, 4) is 0 Å². The van der Waals surface area contributed by atoms with E-state index < -0.39 is 0 Å². The summed E-state index contributed by atoms with van der Waals surface area (Å²) in [4.78, 5) is 0. The third-order valence-corrected chi connectivity index (χ3v) is 3.90. The highest BCUT2D eigenvalue weighted by atomic mass is 14.9. The second-order valence-electron chi connectivity index (χ2n) is 4.13. The monoisotopic (exact) mass is 153 g/mol. The fourth-order valence-corrected chi connectivity index (χ4v) is 3.36. The SMILES string of the molecule is CCC1C(CC)C2CNCC12. The van der Waals surface area contributed by atoms with Crippen molar-refractivity contribution >= 4 is 0 Å². The van der Waals surface area contributed by atoms with Crippen molar-refractivity contribution in [3.05, 3.63) is 0 Å². The summed E-state index contributed by atoms with van der Waals surface area (Å²) >= 11 is 0. The summed E-state index contributed by atoms with van der Waals surface area (Å²) in [6.07, 6.45) is 2.81. The second kappa shape index (κ2) is 2.78. The molecule has 1 saturated carbocycles. The van der Waals surface area contributed by atoms with Gasteiger partial charge in [0, 0.05) is 0 Å². The van der Waals surface area contributed by atoms with Gasteiger partial charge >= 0.3 is 0 Å². The maximum Gasteiger partial charge on any atom is -0.00144 e. The van der Waals surface area contributed by atoms with Gasteiger partial charge in [0.2, 0.25) is 0 Å². The average Bonchev–Trinajstić information content (AvgIpc) is 2.36. The third-order valence-electron chi connectivity index (χ3n) is 3.90. The van der Waals surface area contributed by atoms with Crippen molar-refractivity contribution < 1.29 is 0 Å². The minimum Gasteiger partial charge on any atom is -0.316 e. The van der Waals surface area contributed by atoms with Crippen LogP contribution in [0.3, 0.4) is 0 Å². The quantitative estimate of drug-likeness (QED) is 0.639. The molecule has 4 unspecified atom stereocenters. The molecule has 1 nitrogen and oxygen atoms in total. The Morgan fingerprint density at radius 2 is 1.45 bits per heavy atom. The second-order valence-corrected chi connectivity index (χ2v) is 4.13. The van der Waals surface area contributed by atoms with Crippen LogP contribution in [0.1, 0.15) is 26.7 Å². The molecule has 0 bridgehead atoms. The minimum atomic E-state index is 1.05. The van der Waals surface area contributed by atoms with Crippen LogP contribution in [-0.4, -0.2) is 13.1 Å². The minimum absolute atomic E-state index is 1.05. The molecular formula is C10H19N. The number of hydrogen-bond acceptors (Lipinski definition) is 1. The highest BCUT2D eigenvalue weighted by Crippen LogP contribution is 2.50. The Morgan fingerprint density at radius 3 is 1.82 bits per heavy atom.